The SMILES string of the molecule is [Cl][Re]([Cl])[c]1ccccc1. The molecule has 3 heteroatoms. The molecule has 1 rings (SSSR count). The van der Waals surface area contributed by atoms with Gasteiger partial charge < -0.3 is 0 Å². The molecule has 0 saturated carbocycles. The first-order valence-corrected chi connectivity index (χ1v) is 10.5. The molecule has 0 saturated heterocycles. The number of hydrogen-bond acceptors (Lipinski definition) is 0. The number of benzene rings is 1. The van der Waals surface area contributed by atoms with Gasteiger partial charge in [0.1, 0.15) is 0 Å². The second-order valence-electron chi connectivity index (χ2n) is 1.49. The van der Waals surface area contributed by atoms with Crippen LogP contribution in [0.3, 0.4) is 0 Å². The summed E-state index contributed by atoms with van der Waals surface area (Å²) in [5.41, 5.74) is 0. The van der Waals surface area contributed by atoms with Crippen molar-refractivity contribution in [2.24, 2.45) is 0 Å². The monoisotopic (exact) mass is 334 g/mol. The summed E-state index contributed by atoms with van der Waals surface area (Å²) >= 11 is -1.98. The Kier molecular flexibility index (Phi) is 3.02. The molecule has 0 aliphatic rings. The molecule has 9 heavy (non-hydrogen) atoms. The minimum atomic E-state index is -1.98. The molecule has 0 N–H and O–H groups in total. The van der Waals surface area contributed by atoms with Gasteiger partial charge in [0.25, 0.3) is 0 Å². The predicted molar refractivity (Wildman–Crippen MR) is 37.8 cm³/mol. The minimum absolute atomic E-state index is 1.13. The van der Waals surface area contributed by atoms with Gasteiger partial charge in [-0.15, -0.1) is 0 Å². The molecule has 50 valence electrons. The summed E-state index contributed by atoms with van der Waals surface area (Å²) in [5, 5.41) is 0. The second-order valence-corrected chi connectivity index (χ2v) is 10.3. The summed E-state index contributed by atoms with van der Waals surface area (Å²) in [7, 11) is 11.5. The van der Waals surface area contributed by atoms with E-state index < -0.39 is 14.7 Å². The Morgan fingerprint density at radius 3 is 1.89 bits per heavy atom. The van der Waals surface area contributed by atoms with Crippen LogP contribution in [0, 0.1) is 0 Å². The Hall–Kier alpha value is 0.462. The molecule has 0 aliphatic heterocycles. The van der Waals surface area contributed by atoms with E-state index in [-0.39, 0.29) is 0 Å². The second kappa shape index (κ2) is 3.59. The first-order chi connectivity index (χ1) is 4.30. The third-order valence-electron chi connectivity index (χ3n) is 0.898. The van der Waals surface area contributed by atoms with Crippen molar-refractivity contribution in [1.82, 2.24) is 0 Å². The molecular formula is C6H5Cl2Re. The van der Waals surface area contributed by atoms with Gasteiger partial charge in [-0.25, -0.2) is 0 Å². The third-order valence-corrected chi connectivity index (χ3v) is 5.69. The van der Waals surface area contributed by atoms with Crippen LogP contribution in [0.1, 0.15) is 0 Å². The van der Waals surface area contributed by atoms with Crippen molar-refractivity contribution in [3.05, 3.63) is 30.3 Å². The fraction of sp³-hybridized carbons (Fsp3) is 0. The van der Waals surface area contributed by atoms with Gasteiger partial charge in [0.05, 0.1) is 0 Å². The molecule has 0 aromatic heterocycles. The van der Waals surface area contributed by atoms with Gasteiger partial charge in [-0.3, -0.25) is 0 Å². The van der Waals surface area contributed by atoms with Crippen molar-refractivity contribution in [2.45, 2.75) is 0 Å². The Bertz CT molecular complexity index is 174. The Balaban J connectivity index is 2.85. The summed E-state index contributed by atoms with van der Waals surface area (Å²) in [4.78, 5) is 0. The zero-order valence-corrected chi connectivity index (χ0v) is 8.75. The first-order valence-electron chi connectivity index (χ1n) is 2.39. The van der Waals surface area contributed by atoms with E-state index in [9.17, 15) is 0 Å². The number of halogens is 2. The summed E-state index contributed by atoms with van der Waals surface area (Å²) in [6.07, 6.45) is 0. The van der Waals surface area contributed by atoms with Crippen molar-refractivity contribution >= 4 is 23.1 Å². The van der Waals surface area contributed by atoms with E-state index in [1.165, 1.54) is 0 Å². The molecule has 0 nitrogen and oxygen atoms in total. The van der Waals surface area contributed by atoms with E-state index in [0.717, 1.165) is 4.04 Å². The molecule has 1 aromatic carbocycles. The van der Waals surface area contributed by atoms with E-state index in [4.69, 9.17) is 19.1 Å². The molecule has 1 aromatic rings. The standard InChI is InChI=1S/C6H5.2ClH.Re/c1-2-4-6-5-3-1;;;/h1-5H;2*1H;/q;;;+2/p-2. The molecule has 0 amide bonds. The average molecular weight is 334 g/mol. The van der Waals surface area contributed by atoms with Crippen molar-refractivity contribution in [1.29, 1.82) is 0 Å². The van der Waals surface area contributed by atoms with Crippen LogP contribution >= 0.6 is 19.1 Å². The van der Waals surface area contributed by atoms with Crippen LogP contribution in [0.4, 0.5) is 0 Å². The van der Waals surface area contributed by atoms with E-state index in [1.54, 1.807) is 0 Å². The quantitative estimate of drug-likeness (QED) is 0.739. The Labute approximate surface area is 68.0 Å². The zero-order chi connectivity index (χ0) is 6.69. The molecule has 0 radical (unpaired) electrons. The molecule has 0 atom stereocenters. The fourth-order valence-corrected chi connectivity index (χ4v) is 3.28. The van der Waals surface area contributed by atoms with Crippen LogP contribution in [-0.2, 0) is 14.7 Å². The maximum atomic E-state index is 5.75. The van der Waals surface area contributed by atoms with Crippen molar-refractivity contribution < 1.29 is 14.7 Å². The maximum absolute atomic E-state index is 5.75. The van der Waals surface area contributed by atoms with Crippen LogP contribution < -0.4 is 4.04 Å². The van der Waals surface area contributed by atoms with Gasteiger partial charge in [-0.1, -0.05) is 0 Å². The van der Waals surface area contributed by atoms with Crippen molar-refractivity contribution in [3.8, 4) is 0 Å². The van der Waals surface area contributed by atoms with E-state index in [2.05, 4.69) is 0 Å². The average Bonchev–Trinajstić information content (AvgIpc) is 1.90. The summed E-state index contributed by atoms with van der Waals surface area (Å²) in [5.74, 6) is 0. The van der Waals surface area contributed by atoms with Crippen LogP contribution in [0.15, 0.2) is 30.3 Å². The molecular weight excluding hydrogens is 329 g/mol. The summed E-state index contributed by atoms with van der Waals surface area (Å²) < 4.78 is 1.13. The zero-order valence-electron chi connectivity index (χ0n) is 4.52. The van der Waals surface area contributed by atoms with Crippen molar-refractivity contribution in [2.75, 3.05) is 0 Å². The third kappa shape index (κ3) is 2.28. The van der Waals surface area contributed by atoms with Crippen LogP contribution in [-0.4, -0.2) is 0 Å². The van der Waals surface area contributed by atoms with Gasteiger partial charge in [0.15, 0.2) is 0 Å². The van der Waals surface area contributed by atoms with Gasteiger partial charge in [0, 0.05) is 0 Å². The molecule has 0 heterocycles. The van der Waals surface area contributed by atoms with E-state index in [0.29, 0.717) is 0 Å². The van der Waals surface area contributed by atoms with Crippen LogP contribution in [0.5, 0.6) is 0 Å². The van der Waals surface area contributed by atoms with Gasteiger partial charge >= 0.3 is 68.1 Å². The summed E-state index contributed by atoms with van der Waals surface area (Å²) in [6.45, 7) is 0. The summed E-state index contributed by atoms with van der Waals surface area (Å²) in [6, 6.07) is 9.82. The normalized spacial score (nSPS) is 11.1. The molecule has 0 spiro atoms. The molecule has 0 aliphatic carbocycles. The number of hydrogen-bond donors (Lipinski definition) is 0. The van der Waals surface area contributed by atoms with Crippen molar-refractivity contribution in [3.63, 3.8) is 0 Å². The molecule has 0 bridgehead atoms. The van der Waals surface area contributed by atoms with Crippen LogP contribution in [0.25, 0.3) is 0 Å². The Morgan fingerprint density at radius 1 is 1.00 bits per heavy atom. The molecule has 0 unspecified atom stereocenters. The van der Waals surface area contributed by atoms with Gasteiger partial charge in [0.2, 0.25) is 0 Å². The fourth-order valence-electron chi connectivity index (χ4n) is 0.510. The van der Waals surface area contributed by atoms with E-state index >= 15 is 0 Å². The molecule has 0 fully saturated rings. The Morgan fingerprint density at radius 2 is 1.56 bits per heavy atom. The predicted octanol–water partition coefficient (Wildman–Crippen LogP) is 2.24. The van der Waals surface area contributed by atoms with Gasteiger partial charge in [-0.05, 0) is 0 Å². The van der Waals surface area contributed by atoms with Gasteiger partial charge in [-0.2, -0.15) is 0 Å². The van der Waals surface area contributed by atoms with E-state index in [1.807, 2.05) is 30.3 Å². The number of rotatable bonds is 1. The first kappa shape index (κ1) is 7.57. The van der Waals surface area contributed by atoms with Crippen LogP contribution in [0.2, 0.25) is 0 Å². The topological polar surface area (TPSA) is 0 Å².